The van der Waals surface area contributed by atoms with E-state index < -0.39 is 11.7 Å². The van der Waals surface area contributed by atoms with Crippen molar-refractivity contribution >= 4 is 17.5 Å². The summed E-state index contributed by atoms with van der Waals surface area (Å²) in [6.07, 6.45) is 0.903. The maximum atomic E-state index is 13.5. The van der Waals surface area contributed by atoms with Crippen LogP contribution in [0.2, 0.25) is 0 Å². The number of halogens is 1. The highest BCUT2D eigenvalue weighted by atomic mass is 19.1. The van der Waals surface area contributed by atoms with Gasteiger partial charge in [-0.2, -0.15) is 0 Å². The van der Waals surface area contributed by atoms with Crippen LogP contribution in [0.15, 0.2) is 36.4 Å². The van der Waals surface area contributed by atoms with Gasteiger partial charge < -0.3 is 15.8 Å². The van der Waals surface area contributed by atoms with E-state index in [0.717, 1.165) is 29.4 Å². The highest BCUT2D eigenvalue weighted by molar-refractivity contribution is 5.97. The number of ether oxygens (including phenoxy) is 1. The van der Waals surface area contributed by atoms with Crippen molar-refractivity contribution in [1.82, 2.24) is 0 Å². The highest BCUT2D eigenvalue weighted by Gasteiger charge is 2.31. The number of carbonyl (C=O) groups excluding carboxylic acids is 2. The number of benzene rings is 2. The molecule has 0 unspecified atom stereocenters. The van der Waals surface area contributed by atoms with Crippen LogP contribution in [-0.2, 0) is 17.6 Å². The molecule has 0 aliphatic carbocycles. The number of nitrogens with two attached hydrogens (primary N) is 1. The smallest absolute Gasteiger partial charge is 0.251 e. The maximum Gasteiger partial charge on any atom is 0.251 e. The average molecular weight is 342 g/mol. The summed E-state index contributed by atoms with van der Waals surface area (Å²) in [6, 6.07) is 9.44. The summed E-state index contributed by atoms with van der Waals surface area (Å²) < 4.78 is 19.4. The second-order valence-corrected chi connectivity index (χ2v) is 6.73. The number of para-hydroxylation sites is 1. The number of hydrogen-bond acceptors (Lipinski definition) is 3. The summed E-state index contributed by atoms with van der Waals surface area (Å²) in [5.41, 5.74) is 6.75. The number of carbonyl (C=O) groups is 2. The van der Waals surface area contributed by atoms with E-state index in [2.05, 4.69) is 5.32 Å². The zero-order chi connectivity index (χ0) is 18.2. The van der Waals surface area contributed by atoms with Crippen molar-refractivity contribution in [2.45, 2.75) is 32.3 Å². The van der Waals surface area contributed by atoms with E-state index in [-0.39, 0.29) is 23.5 Å². The molecule has 25 heavy (non-hydrogen) atoms. The topological polar surface area (TPSA) is 81.4 Å². The number of fused-ring (bicyclic) bond motifs is 1. The predicted molar refractivity (Wildman–Crippen MR) is 92.1 cm³/mol. The molecule has 2 aromatic carbocycles. The molecular formula is C19H19FN2O3. The van der Waals surface area contributed by atoms with Crippen molar-refractivity contribution in [2.24, 2.45) is 5.73 Å². The third-order valence-corrected chi connectivity index (χ3v) is 4.04. The van der Waals surface area contributed by atoms with Crippen LogP contribution >= 0.6 is 0 Å². The van der Waals surface area contributed by atoms with Gasteiger partial charge in [0.15, 0.2) is 0 Å². The number of amides is 2. The van der Waals surface area contributed by atoms with Gasteiger partial charge in [-0.3, -0.25) is 9.59 Å². The van der Waals surface area contributed by atoms with E-state index in [1.165, 1.54) is 12.1 Å². The van der Waals surface area contributed by atoms with Crippen molar-refractivity contribution < 1.29 is 18.7 Å². The van der Waals surface area contributed by atoms with Gasteiger partial charge >= 0.3 is 0 Å². The van der Waals surface area contributed by atoms with Crippen LogP contribution in [0.4, 0.5) is 10.1 Å². The molecule has 2 amide bonds. The van der Waals surface area contributed by atoms with E-state index in [4.69, 9.17) is 10.5 Å². The Hall–Kier alpha value is -2.89. The minimum absolute atomic E-state index is 0.114. The predicted octanol–water partition coefficient (Wildman–Crippen LogP) is 2.82. The Morgan fingerprint density at radius 1 is 1.28 bits per heavy atom. The number of anilines is 1. The minimum Gasteiger partial charge on any atom is -0.487 e. The quantitative estimate of drug-likeness (QED) is 0.896. The second-order valence-electron chi connectivity index (χ2n) is 6.73. The molecule has 1 aliphatic rings. The van der Waals surface area contributed by atoms with E-state index in [0.29, 0.717) is 5.69 Å². The molecule has 0 saturated heterocycles. The summed E-state index contributed by atoms with van der Waals surface area (Å²) in [4.78, 5) is 23.5. The largest absolute Gasteiger partial charge is 0.487 e. The van der Waals surface area contributed by atoms with E-state index in [9.17, 15) is 14.0 Å². The molecular weight excluding hydrogens is 323 g/mol. The van der Waals surface area contributed by atoms with Crippen LogP contribution in [0, 0.1) is 5.82 Å². The normalized spacial score (nSPS) is 14.5. The zero-order valence-electron chi connectivity index (χ0n) is 14.1. The van der Waals surface area contributed by atoms with E-state index in [1.54, 1.807) is 0 Å². The first-order valence-electron chi connectivity index (χ1n) is 7.94. The van der Waals surface area contributed by atoms with Crippen LogP contribution in [0.5, 0.6) is 5.75 Å². The van der Waals surface area contributed by atoms with Crippen molar-refractivity contribution in [3.8, 4) is 5.75 Å². The Morgan fingerprint density at radius 2 is 2.04 bits per heavy atom. The first-order valence-corrected chi connectivity index (χ1v) is 7.94. The maximum absolute atomic E-state index is 13.5. The fourth-order valence-electron chi connectivity index (χ4n) is 2.99. The molecule has 2 aromatic rings. The first kappa shape index (κ1) is 17.0. The lowest BCUT2D eigenvalue weighted by Crippen LogP contribution is -2.25. The average Bonchev–Trinajstić information content (AvgIpc) is 2.84. The molecule has 0 aromatic heterocycles. The van der Waals surface area contributed by atoms with Crippen molar-refractivity contribution in [3.05, 3.63) is 58.9 Å². The fourth-order valence-corrected chi connectivity index (χ4v) is 2.99. The lowest BCUT2D eigenvalue weighted by Gasteiger charge is -2.18. The van der Waals surface area contributed by atoms with Crippen molar-refractivity contribution in [3.63, 3.8) is 0 Å². The van der Waals surface area contributed by atoms with Crippen LogP contribution in [0.25, 0.3) is 0 Å². The third kappa shape index (κ3) is 3.63. The molecule has 0 spiro atoms. The Balaban J connectivity index is 1.76. The van der Waals surface area contributed by atoms with Gasteiger partial charge in [0, 0.05) is 17.7 Å². The summed E-state index contributed by atoms with van der Waals surface area (Å²) >= 11 is 0. The minimum atomic E-state index is -0.884. The van der Waals surface area contributed by atoms with Crippen LogP contribution in [-0.4, -0.2) is 17.4 Å². The van der Waals surface area contributed by atoms with Gasteiger partial charge in [-0.25, -0.2) is 4.39 Å². The molecule has 5 nitrogen and oxygen atoms in total. The lowest BCUT2D eigenvalue weighted by atomic mass is 9.99. The number of primary amides is 1. The second kappa shape index (κ2) is 6.20. The Bertz CT molecular complexity index is 862. The van der Waals surface area contributed by atoms with Gasteiger partial charge in [0.2, 0.25) is 5.91 Å². The Labute approximate surface area is 145 Å². The number of rotatable bonds is 4. The third-order valence-electron chi connectivity index (χ3n) is 4.04. The fraction of sp³-hybridized carbons (Fsp3) is 0.263. The lowest BCUT2D eigenvalue weighted by molar-refractivity contribution is -0.115. The summed E-state index contributed by atoms with van der Waals surface area (Å²) in [5.74, 6) is -1.14. The Morgan fingerprint density at radius 3 is 2.76 bits per heavy atom. The van der Waals surface area contributed by atoms with Crippen molar-refractivity contribution in [1.29, 1.82) is 0 Å². The van der Waals surface area contributed by atoms with Gasteiger partial charge in [0.1, 0.15) is 17.2 Å². The molecule has 0 bridgehead atoms. The van der Waals surface area contributed by atoms with Gasteiger partial charge in [-0.1, -0.05) is 18.2 Å². The first-order chi connectivity index (χ1) is 11.7. The van der Waals surface area contributed by atoms with Gasteiger partial charge in [0.05, 0.1) is 12.0 Å². The van der Waals surface area contributed by atoms with Crippen LogP contribution < -0.4 is 15.8 Å². The SMILES string of the molecule is CC1(C)Cc2cccc(CC(=O)Nc3ccc(F)c(C(N)=O)c3)c2O1. The molecule has 0 saturated carbocycles. The van der Waals surface area contributed by atoms with Crippen LogP contribution in [0.3, 0.4) is 0 Å². The molecule has 0 radical (unpaired) electrons. The van der Waals surface area contributed by atoms with E-state index in [1.807, 2.05) is 32.0 Å². The monoisotopic (exact) mass is 342 g/mol. The number of nitrogens with one attached hydrogen (secondary N) is 1. The molecule has 130 valence electrons. The molecule has 1 aliphatic heterocycles. The molecule has 6 heteroatoms. The molecule has 1 heterocycles. The zero-order valence-corrected chi connectivity index (χ0v) is 14.1. The Kier molecular flexibility index (Phi) is 4.20. The van der Waals surface area contributed by atoms with Crippen molar-refractivity contribution in [2.75, 3.05) is 5.32 Å². The number of hydrogen-bond donors (Lipinski definition) is 2. The van der Waals surface area contributed by atoms with Crippen LogP contribution in [0.1, 0.15) is 35.3 Å². The van der Waals surface area contributed by atoms with Gasteiger partial charge in [0.25, 0.3) is 5.91 Å². The van der Waals surface area contributed by atoms with Gasteiger partial charge in [-0.15, -0.1) is 0 Å². The standard InChI is InChI=1S/C19H19FN2O3/c1-19(2)10-12-5-3-4-11(17(12)25-19)8-16(23)22-13-6-7-15(20)14(9-13)18(21)24/h3-7,9H,8,10H2,1-2H3,(H2,21,24)(H,22,23). The summed E-state index contributed by atoms with van der Waals surface area (Å²) in [7, 11) is 0. The van der Waals surface area contributed by atoms with Gasteiger partial charge in [-0.05, 0) is 37.6 Å². The molecule has 3 N–H and O–H groups in total. The molecule has 0 atom stereocenters. The summed E-state index contributed by atoms with van der Waals surface area (Å²) in [6.45, 7) is 4.00. The highest BCUT2D eigenvalue weighted by Crippen LogP contribution is 2.37. The molecule has 3 rings (SSSR count). The summed E-state index contributed by atoms with van der Waals surface area (Å²) in [5, 5.41) is 2.66. The van der Waals surface area contributed by atoms with E-state index >= 15 is 0 Å². The molecule has 0 fully saturated rings.